The van der Waals surface area contributed by atoms with Gasteiger partial charge in [-0.3, -0.25) is 0 Å². The van der Waals surface area contributed by atoms with Crippen molar-refractivity contribution in [1.29, 1.82) is 0 Å². The van der Waals surface area contributed by atoms with E-state index in [0.717, 1.165) is 0 Å². The first-order valence-electron chi connectivity index (χ1n) is 11.8. The fraction of sp³-hybridized carbons (Fsp3) is 0.267. The quantitative estimate of drug-likeness (QED) is 0.292. The van der Waals surface area contributed by atoms with Crippen molar-refractivity contribution in [2.45, 2.75) is 47.6 Å². The van der Waals surface area contributed by atoms with E-state index in [1.165, 1.54) is 61.1 Å². The van der Waals surface area contributed by atoms with Gasteiger partial charge >= 0.3 is 0 Å². The third-order valence-electron chi connectivity index (χ3n) is 6.97. The molecule has 166 valence electrons. The largest absolute Gasteiger partial charge is 0.246 e. The maximum atomic E-state index is 2.44. The third-order valence-corrected chi connectivity index (χ3v) is 6.97. The Morgan fingerprint density at radius 3 is 2.24 bits per heavy atom. The fourth-order valence-corrected chi connectivity index (χ4v) is 5.73. The predicted molar refractivity (Wildman–Crippen MR) is 137 cm³/mol. The number of nitrogens with zero attached hydrogens (tertiary/aromatic N) is 3. The van der Waals surface area contributed by atoms with Crippen molar-refractivity contribution >= 4 is 21.8 Å². The SMILES string of the molecule is Cc1cc(C)c(-[n+]2c(C)ccc3ccccc32)c(C)c1-c1c2ccccc2n(C(C)C)[n+]1C. The van der Waals surface area contributed by atoms with Crippen LogP contribution in [0.1, 0.15) is 42.3 Å². The Labute approximate surface area is 196 Å². The van der Waals surface area contributed by atoms with Gasteiger partial charge in [-0.1, -0.05) is 24.3 Å². The van der Waals surface area contributed by atoms with Gasteiger partial charge < -0.3 is 0 Å². The van der Waals surface area contributed by atoms with Gasteiger partial charge in [-0.2, -0.15) is 9.25 Å². The summed E-state index contributed by atoms with van der Waals surface area (Å²) in [5.41, 5.74) is 11.6. The molecule has 0 atom stereocenters. The Balaban J connectivity index is 1.92. The lowest BCUT2D eigenvalue weighted by molar-refractivity contribution is -0.743. The van der Waals surface area contributed by atoms with Gasteiger partial charge in [0.15, 0.2) is 12.7 Å². The summed E-state index contributed by atoms with van der Waals surface area (Å²) in [6.07, 6.45) is 0. The summed E-state index contributed by atoms with van der Waals surface area (Å²) in [7, 11) is 2.20. The van der Waals surface area contributed by atoms with Gasteiger partial charge in [0.2, 0.25) is 16.9 Å². The number of aromatic nitrogens is 3. The molecule has 3 aromatic carbocycles. The van der Waals surface area contributed by atoms with E-state index in [1.54, 1.807) is 0 Å². The minimum atomic E-state index is 0.369. The standard InChI is InChI=1S/C30H33N3/c1-19(2)33-27-15-11-9-13-25(27)30(31(33)7)28-20(3)18-21(4)29(23(28)6)32-22(5)16-17-24-12-8-10-14-26(24)32/h8-19H,1-7H3/q+2. The highest BCUT2D eigenvalue weighted by molar-refractivity contribution is 5.93. The molecular formula is C30H33N3+2. The summed E-state index contributed by atoms with van der Waals surface area (Å²) in [6.45, 7) is 13.5. The van der Waals surface area contributed by atoms with Crippen LogP contribution in [0.25, 0.3) is 38.8 Å². The summed E-state index contributed by atoms with van der Waals surface area (Å²) in [6, 6.07) is 24.6. The van der Waals surface area contributed by atoms with Crippen LogP contribution in [0, 0.1) is 27.7 Å². The third kappa shape index (κ3) is 3.18. The van der Waals surface area contributed by atoms with Crippen molar-refractivity contribution < 1.29 is 9.25 Å². The van der Waals surface area contributed by atoms with E-state index in [4.69, 9.17) is 0 Å². The number of pyridine rings is 1. The van der Waals surface area contributed by atoms with Crippen LogP contribution < -0.4 is 9.25 Å². The molecule has 0 saturated heterocycles. The molecule has 0 aliphatic rings. The number of benzene rings is 3. The van der Waals surface area contributed by atoms with Gasteiger partial charge in [0, 0.05) is 35.6 Å². The molecule has 2 aromatic heterocycles. The first-order chi connectivity index (χ1) is 15.8. The summed E-state index contributed by atoms with van der Waals surface area (Å²) in [5.74, 6) is 0. The number of hydrogen-bond acceptors (Lipinski definition) is 0. The molecule has 2 heterocycles. The highest BCUT2D eigenvalue weighted by Gasteiger charge is 2.31. The molecule has 3 heteroatoms. The minimum Gasteiger partial charge on any atom is -0.157 e. The molecule has 3 nitrogen and oxygen atoms in total. The maximum absolute atomic E-state index is 2.44. The van der Waals surface area contributed by atoms with E-state index in [9.17, 15) is 0 Å². The average Bonchev–Trinajstić information content (AvgIpc) is 3.07. The van der Waals surface area contributed by atoms with Gasteiger partial charge in [0.05, 0.1) is 17.0 Å². The highest BCUT2D eigenvalue weighted by Crippen LogP contribution is 2.35. The summed E-state index contributed by atoms with van der Waals surface area (Å²) in [4.78, 5) is 0. The first-order valence-corrected chi connectivity index (χ1v) is 11.8. The summed E-state index contributed by atoms with van der Waals surface area (Å²) >= 11 is 0. The van der Waals surface area contributed by atoms with Crippen molar-refractivity contribution in [3.8, 4) is 16.9 Å². The van der Waals surface area contributed by atoms with Crippen LogP contribution in [0.5, 0.6) is 0 Å². The summed E-state index contributed by atoms with van der Waals surface area (Å²) in [5, 5.41) is 2.56. The van der Waals surface area contributed by atoms with E-state index in [-0.39, 0.29) is 0 Å². The van der Waals surface area contributed by atoms with Crippen LogP contribution in [0.2, 0.25) is 0 Å². The van der Waals surface area contributed by atoms with E-state index >= 15 is 0 Å². The Morgan fingerprint density at radius 2 is 1.48 bits per heavy atom. The summed E-state index contributed by atoms with van der Waals surface area (Å²) < 4.78 is 7.19. The van der Waals surface area contributed by atoms with Gasteiger partial charge in [-0.25, -0.2) is 0 Å². The molecule has 0 radical (unpaired) electrons. The highest BCUT2D eigenvalue weighted by atomic mass is 15.4. The molecule has 5 aromatic rings. The Kier molecular flexibility index (Phi) is 5.08. The Bertz CT molecular complexity index is 1540. The van der Waals surface area contributed by atoms with Gasteiger partial charge in [-0.15, -0.1) is 4.68 Å². The van der Waals surface area contributed by atoms with Crippen molar-refractivity contribution in [2.24, 2.45) is 7.05 Å². The molecule has 0 saturated carbocycles. The van der Waals surface area contributed by atoms with Gasteiger partial charge in [0.25, 0.3) is 0 Å². The molecule has 0 aliphatic heterocycles. The van der Waals surface area contributed by atoms with Crippen molar-refractivity contribution in [1.82, 2.24) is 4.68 Å². The van der Waals surface area contributed by atoms with Crippen LogP contribution in [-0.2, 0) is 7.05 Å². The zero-order valence-electron chi connectivity index (χ0n) is 20.8. The molecule has 5 rings (SSSR count). The second-order valence-electron chi connectivity index (χ2n) is 9.56. The zero-order valence-corrected chi connectivity index (χ0v) is 20.8. The van der Waals surface area contributed by atoms with Crippen LogP contribution in [0.4, 0.5) is 0 Å². The topological polar surface area (TPSA) is 12.7 Å². The molecular weight excluding hydrogens is 402 g/mol. The molecule has 33 heavy (non-hydrogen) atoms. The fourth-order valence-electron chi connectivity index (χ4n) is 5.73. The van der Waals surface area contributed by atoms with Crippen molar-refractivity contribution in [3.63, 3.8) is 0 Å². The van der Waals surface area contributed by atoms with Gasteiger partial charge in [-0.05, 0) is 70.5 Å². The Morgan fingerprint density at radius 1 is 0.788 bits per heavy atom. The average molecular weight is 436 g/mol. The smallest absolute Gasteiger partial charge is 0.157 e. The van der Waals surface area contributed by atoms with E-state index in [0.29, 0.717) is 6.04 Å². The van der Waals surface area contributed by atoms with Crippen molar-refractivity contribution in [2.75, 3.05) is 0 Å². The number of para-hydroxylation sites is 2. The molecule has 0 unspecified atom stereocenters. The van der Waals surface area contributed by atoms with Crippen LogP contribution in [0.3, 0.4) is 0 Å². The van der Waals surface area contributed by atoms with E-state index < -0.39 is 0 Å². The molecule has 0 amide bonds. The van der Waals surface area contributed by atoms with Crippen LogP contribution >= 0.6 is 0 Å². The number of fused-ring (bicyclic) bond motifs is 2. The molecule has 0 bridgehead atoms. The lowest BCUT2D eigenvalue weighted by Crippen LogP contribution is -2.42. The van der Waals surface area contributed by atoms with Crippen LogP contribution in [-0.4, -0.2) is 4.68 Å². The van der Waals surface area contributed by atoms with Crippen LogP contribution in [0.15, 0.2) is 66.7 Å². The molecule has 0 spiro atoms. The lowest BCUT2D eigenvalue weighted by Gasteiger charge is -2.14. The Hall–Kier alpha value is -3.46. The monoisotopic (exact) mass is 435 g/mol. The van der Waals surface area contributed by atoms with E-state index in [1.807, 2.05) is 0 Å². The predicted octanol–water partition coefficient (Wildman–Crippen LogP) is 6.38. The normalized spacial score (nSPS) is 11.8. The maximum Gasteiger partial charge on any atom is 0.246 e. The first kappa shape index (κ1) is 21.4. The molecule has 0 fully saturated rings. The second-order valence-corrected chi connectivity index (χ2v) is 9.56. The number of hydrogen-bond donors (Lipinski definition) is 0. The zero-order chi connectivity index (χ0) is 23.4. The molecule has 0 aliphatic carbocycles. The van der Waals surface area contributed by atoms with E-state index in [2.05, 4.69) is 129 Å². The lowest BCUT2D eigenvalue weighted by atomic mass is 9.93. The second kappa shape index (κ2) is 7.84. The van der Waals surface area contributed by atoms with Gasteiger partial charge in [0.1, 0.15) is 5.52 Å². The number of aryl methyl sites for hydroxylation is 3. The number of rotatable bonds is 3. The minimum absolute atomic E-state index is 0.369. The van der Waals surface area contributed by atoms with Crippen molar-refractivity contribution in [3.05, 3.63) is 89.1 Å². The molecule has 0 N–H and O–H groups in total.